The van der Waals surface area contributed by atoms with Crippen LogP contribution in [0.2, 0.25) is 0 Å². The largest absolute Gasteiger partial charge is 0.459 e. The molecule has 1 aromatic carbocycles. The smallest absolute Gasteiger partial charge is 0.323 e. The molecule has 1 N–H and O–H groups in total. The fraction of sp³-hybridized carbons (Fsp3) is 0.562. The summed E-state index contributed by atoms with van der Waals surface area (Å²) < 4.78 is 28.8. The molecule has 0 saturated heterocycles. The van der Waals surface area contributed by atoms with E-state index in [1.807, 2.05) is 6.07 Å². The summed E-state index contributed by atoms with van der Waals surface area (Å²) in [5.74, 6) is -0.00237. The second-order valence-electron chi connectivity index (χ2n) is 5.65. The molecule has 1 rings (SSSR count). The highest BCUT2D eigenvalue weighted by Crippen LogP contribution is 2.48. The van der Waals surface area contributed by atoms with Crippen LogP contribution < -0.4 is 9.61 Å². The number of nitrogens with one attached hydrogen (secondary N) is 1. The summed E-state index contributed by atoms with van der Waals surface area (Å²) in [5, 5.41) is 2.81. The van der Waals surface area contributed by atoms with Gasteiger partial charge < -0.3 is 14.0 Å². The third kappa shape index (κ3) is 6.34. The van der Waals surface area contributed by atoms with Crippen molar-refractivity contribution in [2.24, 2.45) is 0 Å². The van der Waals surface area contributed by atoms with Crippen molar-refractivity contribution in [1.82, 2.24) is 5.09 Å². The van der Waals surface area contributed by atoms with Crippen LogP contribution in [-0.4, -0.2) is 37.5 Å². The van der Waals surface area contributed by atoms with Crippen LogP contribution in [0.15, 0.2) is 30.3 Å². The van der Waals surface area contributed by atoms with Crippen LogP contribution in [-0.2, 0) is 18.8 Å². The molecule has 0 aliphatic heterocycles. The lowest BCUT2D eigenvalue weighted by molar-refractivity contribution is -0.152. The molecule has 0 bridgehead atoms. The normalized spacial score (nSPS) is 16.4. The van der Waals surface area contributed by atoms with Crippen LogP contribution in [0, 0.1) is 0 Å². The maximum absolute atomic E-state index is 13.0. The van der Waals surface area contributed by atoms with E-state index in [0.29, 0.717) is 12.4 Å². The molecule has 0 saturated carbocycles. The van der Waals surface area contributed by atoms with Gasteiger partial charge in [0.25, 0.3) is 0 Å². The van der Waals surface area contributed by atoms with Gasteiger partial charge in [0.15, 0.2) is 0 Å². The minimum absolute atomic E-state index is 0.297. The molecule has 23 heavy (non-hydrogen) atoms. The minimum atomic E-state index is -3.26. The van der Waals surface area contributed by atoms with Crippen molar-refractivity contribution in [3.63, 3.8) is 0 Å². The SMILES string of the molecule is COCC(C)OC(=O)[C@H](C)NP(=O)(Oc1ccccc1)C(C)C. The Labute approximate surface area is 138 Å². The lowest BCUT2D eigenvalue weighted by atomic mass is 10.3. The van der Waals surface area contributed by atoms with Crippen molar-refractivity contribution in [2.45, 2.75) is 45.5 Å². The number of benzene rings is 1. The molecule has 3 atom stereocenters. The van der Waals surface area contributed by atoms with E-state index in [-0.39, 0.29) is 11.8 Å². The highest BCUT2D eigenvalue weighted by molar-refractivity contribution is 7.58. The number of methoxy groups -OCH3 is 1. The van der Waals surface area contributed by atoms with Crippen molar-refractivity contribution in [3.8, 4) is 5.75 Å². The molecular formula is C16H26NO5P. The number of hydrogen-bond donors (Lipinski definition) is 1. The molecule has 6 nitrogen and oxygen atoms in total. The van der Waals surface area contributed by atoms with Gasteiger partial charge in [-0.1, -0.05) is 32.0 Å². The van der Waals surface area contributed by atoms with Crippen LogP contribution in [0.4, 0.5) is 0 Å². The van der Waals surface area contributed by atoms with Crippen LogP contribution >= 0.6 is 7.52 Å². The van der Waals surface area contributed by atoms with Gasteiger partial charge in [-0.2, -0.15) is 0 Å². The van der Waals surface area contributed by atoms with E-state index in [0.717, 1.165) is 0 Å². The number of rotatable bonds is 9. The third-order valence-corrected chi connectivity index (χ3v) is 5.70. The topological polar surface area (TPSA) is 73.9 Å². The van der Waals surface area contributed by atoms with E-state index < -0.39 is 19.5 Å². The Hall–Kier alpha value is -1.36. The number of esters is 1. The molecule has 0 aliphatic rings. The standard InChI is InChI=1S/C16H26NO5P/c1-12(2)23(19,22-15-9-7-6-8-10-15)17-14(4)16(18)21-13(3)11-20-5/h6-10,12-14H,11H2,1-5H3,(H,17,19)/t13?,14-,23?/m0/s1. The summed E-state index contributed by atoms with van der Waals surface area (Å²) in [6.45, 7) is 7.20. The van der Waals surface area contributed by atoms with Gasteiger partial charge in [0.05, 0.1) is 12.3 Å². The summed E-state index contributed by atoms with van der Waals surface area (Å²) in [6.07, 6.45) is -0.370. The van der Waals surface area contributed by atoms with Gasteiger partial charge in [0.1, 0.15) is 17.9 Å². The molecule has 0 radical (unpaired) electrons. The average Bonchev–Trinajstić information content (AvgIpc) is 2.48. The fourth-order valence-electron chi connectivity index (χ4n) is 1.81. The Morgan fingerprint density at radius 2 is 1.78 bits per heavy atom. The average molecular weight is 343 g/mol. The molecule has 7 heteroatoms. The van der Waals surface area contributed by atoms with Gasteiger partial charge in [0.2, 0.25) is 0 Å². The van der Waals surface area contributed by atoms with Gasteiger partial charge in [-0.05, 0) is 26.0 Å². The summed E-state index contributed by atoms with van der Waals surface area (Å²) >= 11 is 0. The van der Waals surface area contributed by atoms with E-state index in [9.17, 15) is 9.36 Å². The number of ether oxygens (including phenoxy) is 2. The molecule has 0 aromatic heterocycles. The Morgan fingerprint density at radius 1 is 1.17 bits per heavy atom. The Morgan fingerprint density at radius 3 is 2.30 bits per heavy atom. The number of hydrogen-bond acceptors (Lipinski definition) is 5. The summed E-state index contributed by atoms with van der Waals surface area (Å²) in [5.41, 5.74) is -0.297. The Kier molecular flexibility index (Phi) is 7.76. The molecule has 0 aliphatic carbocycles. The van der Waals surface area contributed by atoms with E-state index in [1.54, 1.807) is 52.0 Å². The molecule has 0 heterocycles. The molecule has 0 spiro atoms. The predicted octanol–water partition coefficient (Wildman–Crippen LogP) is 3.22. The van der Waals surface area contributed by atoms with E-state index >= 15 is 0 Å². The predicted molar refractivity (Wildman–Crippen MR) is 89.8 cm³/mol. The quantitative estimate of drug-likeness (QED) is 0.548. The monoisotopic (exact) mass is 343 g/mol. The van der Waals surface area contributed by atoms with Gasteiger partial charge in [-0.25, -0.2) is 5.09 Å². The highest BCUT2D eigenvalue weighted by Gasteiger charge is 2.34. The Balaban J connectivity index is 2.74. The second-order valence-corrected chi connectivity index (χ2v) is 8.32. The number of para-hydroxylation sites is 1. The van der Waals surface area contributed by atoms with Gasteiger partial charge >= 0.3 is 13.5 Å². The molecule has 0 amide bonds. The molecule has 2 unspecified atom stereocenters. The molecular weight excluding hydrogens is 317 g/mol. The van der Waals surface area contributed by atoms with Crippen molar-refractivity contribution < 1.29 is 23.4 Å². The molecule has 130 valence electrons. The summed E-state index contributed by atoms with van der Waals surface area (Å²) in [7, 11) is -1.73. The molecule has 0 fully saturated rings. The zero-order chi connectivity index (χ0) is 17.5. The lowest BCUT2D eigenvalue weighted by Crippen LogP contribution is -2.38. The first-order chi connectivity index (χ1) is 10.8. The van der Waals surface area contributed by atoms with Gasteiger partial charge in [0, 0.05) is 7.11 Å². The zero-order valence-corrected chi connectivity index (χ0v) is 15.2. The van der Waals surface area contributed by atoms with Crippen LogP contribution in [0.1, 0.15) is 27.7 Å². The van der Waals surface area contributed by atoms with Crippen molar-refractivity contribution in [1.29, 1.82) is 0 Å². The van der Waals surface area contributed by atoms with Crippen molar-refractivity contribution >= 4 is 13.5 Å². The fourth-order valence-corrected chi connectivity index (χ4v) is 3.45. The van der Waals surface area contributed by atoms with Gasteiger partial charge in [-0.3, -0.25) is 9.36 Å². The zero-order valence-electron chi connectivity index (χ0n) is 14.3. The maximum Gasteiger partial charge on any atom is 0.323 e. The maximum atomic E-state index is 13.0. The molecule has 1 aromatic rings. The Bertz CT molecular complexity index is 535. The highest BCUT2D eigenvalue weighted by atomic mass is 31.2. The first kappa shape index (κ1) is 19.7. The van der Waals surface area contributed by atoms with E-state index in [4.69, 9.17) is 14.0 Å². The summed E-state index contributed by atoms with van der Waals surface area (Å²) in [6, 6.07) is 8.12. The second kappa shape index (κ2) is 9.06. The number of carbonyl (C=O) groups is 1. The van der Waals surface area contributed by atoms with E-state index in [1.165, 1.54) is 7.11 Å². The van der Waals surface area contributed by atoms with Crippen LogP contribution in [0.3, 0.4) is 0 Å². The van der Waals surface area contributed by atoms with Crippen LogP contribution in [0.5, 0.6) is 5.75 Å². The first-order valence-electron chi connectivity index (χ1n) is 7.60. The third-order valence-electron chi connectivity index (χ3n) is 3.11. The minimum Gasteiger partial charge on any atom is -0.459 e. The van der Waals surface area contributed by atoms with E-state index in [2.05, 4.69) is 5.09 Å². The van der Waals surface area contributed by atoms with Gasteiger partial charge in [-0.15, -0.1) is 0 Å². The van der Waals surface area contributed by atoms with Crippen molar-refractivity contribution in [2.75, 3.05) is 13.7 Å². The summed E-state index contributed by atoms with van der Waals surface area (Å²) in [4.78, 5) is 12.1. The lowest BCUT2D eigenvalue weighted by Gasteiger charge is -2.26. The van der Waals surface area contributed by atoms with Crippen molar-refractivity contribution in [3.05, 3.63) is 30.3 Å². The number of carbonyl (C=O) groups excluding carboxylic acids is 1. The first-order valence-corrected chi connectivity index (χ1v) is 9.29. The van der Waals surface area contributed by atoms with Crippen LogP contribution in [0.25, 0.3) is 0 Å².